The third-order valence-corrected chi connectivity index (χ3v) is 3.91. The van der Waals surface area contributed by atoms with Gasteiger partial charge in [-0.3, -0.25) is 9.59 Å². The standard InChI is InChI=1S/C15H17F3N2O3/c1-8(22)20-3-2-9(6-20)15(23)19-13(7-21)10-4-11(16)14(18)12(17)5-10/h4-5,9,13,21H,2-3,6-7H2,1H3,(H,19,23). The number of nitrogens with one attached hydrogen (secondary N) is 1. The summed E-state index contributed by atoms with van der Waals surface area (Å²) in [6.45, 7) is 1.52. The molecule has 0 aliphatic carbocycles. The van der Waals surface area contributed by atoms with E-state index in [1.807, 2.05) is 0 Å². The summed E-state index contributed by atoms with van der Waals surface area (Å²) < 4.78 is 39.5. The summed E-state index contributed by atoms with van der Waals surface area (Å²) in [6, 6.07) is 0.408. The summed E-state index contributed by atoms with van der Waals surface area (Å²) in [6.07, 6.45) is 0.468. The predicted octanol–water partition coefficient (Wildman–Crippen LogP) is 1.12. The Morgan fingerprint density at radius 2 is 1.96 bits per heavy atom. The fraction of sp³-hybridized carbons (Fsp3) is 0.467. The first kappa shape index (κ1) is 17.3. The quantitative estimate of drug-likeness (QED) is 0.813. The van der Waals surface area contributed by atoms with Crippen LogP contribution in [0.5, 0.6) is 0 Å². The molecule has 0 bridgehead atoms. The molecule has 23 heavy (non-hydrogen) atoms. The molecule has 1 heterocycles. The summed E-state index contributed by atoms with van der Waals surface area (Å²) >= 11 is 0. The number of carbonyl (C=O) groups is 2. The number of aliphatic hydroxyl groups excluding tert-OH is 1. The van der Waals surface area contributed by atoms with Crippen LogP contribution in [0.25, 0.3) is 0 Å². The third kappa shape index (κ3) is 3.82. The minimum Gasteiger partial charge on any atom is -0.394 e. The molecule has 1 aliphatic heterocycles. The van der Waals surface area contributed by atoms with Crippen LogP contribution in [0.3, 0.4) is 0 Å². The number of benzene rings is 1. The number of carbonyl (C=O) groups excluding carboxylic acids is 2. The zero-order chi connectivity index (χ0) is 17.1. The largest absolute Gasteiger partial charge is 0.394 e. The van der Waals surface area contributed by atoms with E-state index >= 15 is 0 Å². The molecule has 0 saturated carbocycles. The molecular weight excluding hydrogens is 313 g/mol. The fourth-order valence-corrected chi connectivity index (χ4v) is 2.56. The van der Waals surface area contributed by atoms with Crippen molar-refractivity contribution in [3.8, 4) is 0 Å². The third-order valence-electron chi connectivity index (χ3n) is 3.91. The first-order valence-electron chi connectivity index (χ1n) is 7.14. The van der Waals surface area contributed by atoms with Crippen molar-refractivity contribution in [2.45, 2.75) is 19.4 Å². The van der Waals surface area contributed by atoms with Gasteiger partial charge in [0.05, 0.1) is 18.6 Å². The summed E-state index contributed by atoms with van der Waals surface area (Å²) in [7, 11) is 0. The summed E-state index contributed by atoms with van der Waals surface area (Å²) in [5.74, 6) is -5.42. The molecule has 5 nitrogen and oxygen atoms in total. The molecular formula is C15H17F3N2O3. The van der Waals surface area contributed by atoms with Crippen LogP contribution in [-0.4, -0.2) is 41.5 Å². The Morgan fingerprint density at radius 3 is 2.43 bits per heavy atom. The molecule has 1 aliphatic rings. The molecule has 1 fully saturated rings. The summed E-state index contributed by atoms with van der Waals surface area (Å²) in [5.41, 5.74) is -0.0707. The Morgan fingerprint density at radius 1 is 1.35 bits per heavy atom. The Labute approximate surface area is 131 Å². The monoisotopic (exact) mass is 330 g/mol. The average Bonchev–Trinajstić information content (AvgIpc) is 2.99. The van der Waals surface area contributed by atoms with Crippen LogP contribution in [0.1, 0.15) is 24.9 Å². The van der Waals surface area contributed by atoms with E-state index in [0.29, 0.717) is 13.0 Å². The lowest BCUT2D eigenvalue weighted by molar-refractivity contribution is -0.128. The van der Waals surface area contributed by atoms with Gasteiger partial charge in [0.1, 0.15) is 0 Å². The van der Waals surface area contributed by atoms with Gasteiger partial charge in [-0.1, -0.05) is 0 Å². The van der Waals surface area contributed by atoms with E-state index in [2.05, 4.69) is 5.32 Å². The second-order valence-electron chi connectivity index (χ2n) is 5.49. The summed E-state index contributed by atoms with van der Waals surface area (Å²) in [5, 5.41) is 11.8. The molecule has 2 N–H and O–H groups in total. The van der Waals surface area contributed by atoms with Crippen molar-refractivity contribution in [1.29, 1.82) is 0 Å². The van der Waals surface area contributed by atoms with Crippen LogP contribution < -0.4 is 5.32 Å². The first-order chi connectivity index (χ1) is 10.8. The molecule has 0 aromatic heterocycles. The average molecular weight is 330 g/mol. The molecule has 0 radical (unpaired) electrons. The van der Waals surface area contributed by atoms with Gasteiger partial charge in [0.25, 0.3) is 0 Å². The van der Waals surface area contributed by atoms with Gasteiger partial charge in [0.2, 0.25) is 11.8 Å². The molecule has 2 rings (SSSR count). The minimum absolute atomic E-state index is 0.0707. The Balaban J connectivity index is 2.08. The van der Waals surface area contributed by atoms with Gasteiger partial charge in [-0.15, -0.1) is 0 Å². The van der Waals surface area contributed by atoms with Gasteiger partial charge in [0, 0.05) is 20.0 Å². The van der Waals surface area contributed by atoms with Crippen molar-refractivity contribution < 1.29 is 27.9 Å². The second kappa shape index (κ2) is 6.99. The number of amides is 2. The van der Waals surface area contributed by atoms with Gasteiger partial charge in [-0.2, -0.15) is 0 Å². The van der Waals surface area contributed by atoms with Crippen molar-refractivity contribution >= 4 is 11.8 Å². The number of hydrogen-bond donors (Lipinski definition) is 2. The molecule has 8 heteroatoms. The van der Waals surface area contributed by atoms with E-state index in [4.69, 9.17) is 0 Å². The number of nitrogens with zero attached hydrogens (tertiary/aromatic N) is 1. The number of aliphatic hydroxyl groups is 1. The molecule has 2 amide bonds. The van der Waals surface area contributed by atoms with Gasteiger partial charge < -0.3 is 15.3 Å². The number of rotatable bonds is 4. The number of halogens is 3. The van der Waals surface area contributed by atoms with Gasteiger partial charge >= 0.3 is 0 Å². The van der Waals surface area contributed by atoms with Crippen molar-refractivity contribution in [2.24, 2.45) is 5.92 Å². The van der Waals surface area contributed by atoms with Crippen molar-refractivity contribution in [1.82, 2.24) is 10.2 Å². The van der Waals surface area contributed by atoms with Gasteiger partial charge in [-0.25, -0.2) is 13.2 Å². The lowest BCUT2D eigenvalue weighted by Crippen LogP contribution is -2.37. The Kier molecular flexibility index (Phi) is 5.25. The van der Waals surface area contributed by atoms with E-state index in [1.165, 1.54) is 11.8 Å². The second-order valence-corrected chi connectivity index (χ2v) is 5.49. The highest BCUT2D eigenvalue weighted by Gasteiger charge is 2.31. The van der Waals surface area contributed by atoms with Crippen molar-refractivity contribution in [3.63, 3.8) is 0 Å². The molecule has 126 valence electrons. The Bertz CT molecular complexity index is 601. The maximum Gasteiger partial charge on any atom is 0.225 e. The van der Waals surface area contributed by atoms with Gasteiger partial charge in [-0.05, 0) is 24.1 Å². The van der Waals surface area contributed by atoms with Crippen LogP contribution >= 0.6 is 0 Å². The Hall–Kier alpha value is -2.09. The smallest absolute Gasteiger partial charge is 0.225 e. The lowest BCUT2D eigenvalue weighted by Gasteiger charge is -2.20. The molecule has 1 saturated heterocycles. The SMILES string of the molecule is CC(=O)N1CCC(C(=O)NC(CO)c2cc(F)c(F)c(F)c2)C1. The van der Waals surface area contributed by atoms with Crippen LogP contribution in [0.4, 0.5) is 13.2 Å². The fourth-order valence-electron chi connectivity index (χ4n) is 2.56. The number of hydrogen-bond acceptors (Lipinski definition) is 3. The van der Waals surface area contributed by atoms with Crippen LogP contribution in [0.15, 0.2) is 12.1 Å². The van der Waals surface area contributed by atoms with Crippen LogP contribution in [0, 0.1) is 23.4 Å². The summed E-state index contributed by atoms with van der Waals surface area (Å²) in [4.78, 5) is 25.0. The molecule has 2 atom stereocenters. The topological polar surface area (TPSA) is 69.6 Å². The van der Waals surface area contributed by atoms with E-state index in [-0.39, 0.29) is 18.0 Å². The molecule has 0 spiro atoms. The first-order valence-corrected chi connectivity index (χ1v) is 7.14. The van der Waals surface area contributed by atoms with E-state index in [1.54, 1.807) is 0 Å². The van der Waals surface area contributed by atoms with Gasteiger partial charge in [0.15, 0.2) is 17.5 Å². The van der Waals surface area contributed by atoms with Crippen molar-refractivity contribution in [2.75, 3.05) is 19.7 Å². The van der Waals surface area contributed by atoms with E-state index in [9.17, 15) is 27.9 Å². The predicted molar refractivity (Wildman–Crippen MR) is 74.6 cm³/mol. The maximum absolute atomic E-state index is 13.3. The van der Waals surface area contributed by atoms with Crippen LogP contribution in [-0.2, 0) is 9.59 Å². The minimum atomic E-state index is -1.61. The zero-order valence-corrected chi connectivity index (χ0v) is 12.5. The van der Waals surface area contributed by atoms with E-state index < -0.39 is 41.9 Å². The number of likely N-dealkylation sites (tertiary alicyclic amines) is 1. The molecule has 2 unspecified atom stereocenters. The highest BCUT2D eigenvalue weighted by Crippen LogP contribution is 2.21. The van der Waals surface area contributed by atoms with Crippen LogP contribution in [0.2, 0.25) is 0 Å². The highest BCUT2D eigenvalue weighted by atomic mass is 19.2. The van der Waals surface area contributed by atoms with E-state index in [0.717, 1.165) is 12.1 Å². The molecule has 1 aromatic carbocycles. The normalized spacial score (nSPS) is 18.8. The lowest BCUT2D eigenvalue weighted by atomic mass is 10.0. The molecule has 1 aromatic rings. The zero-order valence-electron chi connectivity index (χ0n) is 12.5. The van der Waals surface area contributed by atoms with Crippen molar-refractivity contribution in [3.05, 3.63) is 35.1 Å². The maximum atomic E-state index is 13.3. The highest BCUT2D eigenvalue weighted by molar-refractivity contribution is 5.81.